The molecule has 0 bridgehead atoms. The van der Waals surface area contributed by atoms with E-state index in [9.17, 15) is 14.9 Å². The first-order chi connectivity index (χ1) is 18.4. The van der Waals surface area contributed by atoms with Gasteiger partial charge in [0, 0.05) is 22.7 Å². The number of hydrogen-bond acceptors (Lipinski definition) is 6. The van der Waals surface area contributed by atoms with Crippen molar-refractivity contribution in [3.63, 3.8) is 0 Å². The van der Waals surface area contributed by atoms with E-state index in [1.54, 1.807) is 42.5 Å². The molecular formula is C31H29ClN2O5. The maximum absolute atomic E-state index is 13.0. The van der Waals surface area contributed by atoms with Crippen molar-refractivity contribution in [1.29, 1.82) is 5.26 Å². The van der Waals surface area contributed by atoms with E-state index in [0.717, 1.165) is 5.56 Å². The minimum atomic E-state index is -0.377. The second-order valence-electron chi connectivity index (χ2n) is 11.2. The lowest BCUT2D eigenvalue weighted by atomic mass is 9.85. The number of ether oxygens (including phenoxy) is 3. The maximum Gasteiger partial charge on any atom is 0.338 e. The van der Waals surface area contributed by atoms with Crippen LogP contribution in [0.15, 0.2) is 54.6 Å². The van der Waals surface area contributed by atoms with Crippen molar-refractivity contribution in [2.24, 2.45) is 0 Å². The normalized spacial score (nSPS) is 17.6. The van der Waals surface area contributed by atoms with Gasteiger partial charge >= 0.3 is 5.97 Å². The van der Waals surface area contributed by atoms with Gasteiger partial charge in [-0.25, -0.2) is 4.79 Å². The van der Waals surface area contributed by atoms with Crippen LogP contribution in [-0.4, -0.2) is 29.1 Å². The number of amides is 1. The minimum absolute atomic E-state index is 0.0343. The Labute approximate surface area is 232 Å². The lowest BCUT2D eigenvalue weighted by Gasteiger charge is -2.45. The highest BCUT2D eigenvalue weighted by Gasteiger charge is 2.39. The number of fused-ring (bicyclic) bond motifs is 1. The smallest absolute Gasteiger partial charge is 0.338 e. The first-order valence-electron chi connectivity index (χ1n) is 12.8. The van der Waals surface area contributed by atoms with E-state index in [-0.39, 0.29) is 40.7 Å². The van der Waals surface area contributed by atoms with Gasteiger partial charge in [0.05, 0.1) is 21.8 Å². The summed E-state index contributed by atoms with van der Waals surface area (Å²) in [7, 11) is 0. The minimum Gasteiger partial charge on any atom is -0.457 e. The topological polar surface area (TPSA) is 97.6 Å². The molecule has 200 valence electrons. The third kappa shape index (κ3) is 5.63. The highest BCUT2D eigenvalue weighted by Crippen LogP contribution is 2.38. The number of hydrogen-bond donors (Lipinski definition) is 1. The molecule has 5 rings (SSSR count). The second kappa shape index (κ2) is 10.0. The Bertz CT molecular complexity index is 1510. The highest BCUT2D eigenvalue weighted by molar-refractivity contribution is 6.32. The number of halogens is 1. The van der Waals surface area contributed by atoms with Gasteiger partial charge in [-0.3, -0.25) is 4.79 Å². The molecule has 0 spiro atoms. The SMILES string of the molecule is CC1(C)CC(NC(=O)c2ccc(Oc3cccc(-c4ccc5c(c4)C(=O)OC5)c3C#N)c(Cl)c2)CC(C)(C)O1. The van der Waals surface area contributed by atoms with Crippen molar-refractivity contribution in [2.75, 3.05) is 0 Å². The molecule has 1 amide bonds. The van der Waals surface area contributed by atoms with Crippen LogP contribution < -0.4 is 10.1 Å². The molecule has 0 aromatic heterocycles. The van der Waals surface area contributed by atoms with Gasteiger partial charge in [-0.2, -0.15) is 5.26 Å². The molecule has 0 aliphatic carbocycles. The van der Waals surface area contributed by atoms with Crippen molar-refractivity contribution in [2.45, 2.75) is 64.4 Å². The Balaban J connectivity index is 1.36. The monoisotopic (exact) mass is 544 g/mol. The van der Waals surface area contributed by atoms with Gasteiger partial charge in [0.2, 0.25) is 0 Å². The number of rotatable bonds is 5. The van der Waals surface area contributed by atoms with Crippen LogP contribution >= 0.6 is 11.6 Å². The quantitative estimate of drug-likeness (QED) is 0.354. The fourth-order valence-corrected chi connectivity index (χ4v) is 5.78. The standard InChI is InChI=1S/C31H29ClN2O5/c1-30(2)14-21(15-31(3,4)39-30)34-28(35)19-10-11-27(25(32)13-19)38-26-7-5-6-22(24(26)16-33)18-8-9-20-17-37-29(36)23(20)12-18/h5-13,21H,14-15,17H2,1-4H3,(H,34,35). The number of nitrogens with zero attached hydrogens (tertiary/aromatic N) is 1. The molecule has 39 heavy (non-hydrogen) atoms. The van der Waals surface area contributed by atoms with Crippen molar-refractivity contribution >= 4 is 23.5 Å². The van der Waals surface area contributed by atoms with Gasteiger partial charge in [0.25, 0.3) is 5.91 Å². The average molecular weight is 545 g/mol. The Morgan fingerprint density at radius 3 is 2.46 bits per heavy atom. The molecule has 3 aromatic carbocycles. The van der Waals surface area contributed by atoms with Crippen LogP contribution in [-0.2, 0) is 16.1 Å². The summed E-state index contributed by atoms with van der Waals surface area (Å²) >= 11 is 6.53. The molecule has 7 nitrogen and oxygen atoms in total. The zero-order chi connectivity index (χ0) is 27.9. The largest absolute Gasteiger partial charge is 0.457 e. The van der Waals surface area contributed by atoms with Crippen LogP contribution in [0.2, 0.25) is 5.02 Å². The molecule has 0 radical (unpaired) electrons. The van der Waals surface area contributed by atoms with E-state index in [1.807, 2.05) is 39.8 Å². The van der Waals surface area contributed by atoms with E-state index < -0.39 is 0 Å². The summed E-state index contributed by atoms with van der Waals surface area (Å²) < 4.78 is 17.3. The Hall–Kier alpha value is -3.86. The third-order valence-electron chi connectivity index (χ3n) is 6.92. The zero-order valence-corrected chi connectivity index (χ0v) is 23.0. The highest BCUT2D eigenvalue weighted by atomic mass is 35.5. The maximum atomic E-state index is 13.0. The van der Waals surface area contributed by atoms with E-state index in [2.05, 4.69) is 11.4 Å². The predicted molar refractivity (Wildman–Crippen MR) is 147 cm³/mol. The molecule has 2 aliphatic heterocycles. The van der Waals surface area contributed by atoms with Crippen LogP contribution in [0, 0.1) is 11.3 Å². The number of esters is 1. The van der Waals surface area contributed by atoms with Crippen LogP contribution in [0.25, 0.3) is 11.1 Å². The van der Waals surface area contributed by atoms with Crippen molar-refractivity contribution in [1.82, 2.24) is 5.32 Å². The molecule has 2 heterocycles. The van der Waals surface area contributed by atoms with Crippen LogP contribution in [0.1, 0.15) is 72.4 Å². The number of carbonyl (C=O) groups excluding carboxylic acids is 2. The molecule has 1 fully saturated rings. The van der Waals surface area contributed by atoms with Crippen LogP contribution in [0.5, 0.6) is 11.5 Å². The van der Waals surface area contributed by atoms with Gasteiger partial charge in [-0.15, -0.1) is 0 Å². The Morgan fingerprint density at radius 1 is 1.03 bits per heavy atom. The molecule has 8 heteroatoms. The Kier molecular flexibility index (Phi) is 6.88. The lowest BCUT2D eigenvalue weighted by molar-refractivity contribution is -0.162. The fraction of sp³-hybridized carbons (Fsp3) is 0.323. The van der Waals surface area contributed by atoms with Gasteiger partial charge in [-0.05, 0) is 76.4 Å². The summed E-state index contributed by atoms with van der Waals surface area (Å²) in [5, 5.41) is 13.3. The summed E-state index contributed by atoms with van der Waals surface area (Å²) in [6, 6.07) is 17.6. The Morgan fingerprint density at radius 2 is 1.77 bits per heavy atom. The van der Waals surface area contributed by atoms with Gasteiger partial charge in [-0.1, -0.05) is 35.9 Å². The van der Waals surface area contributed by atoms with Crippen LogP contribution in [0.4, 0.5) is 0 Å². The molecule has 0 atom stereocenters. The van der Waals surface area contributed by atoms with E-state index in [4.69, 9.17) is 25.8 Å². The van der Waals surface area contributed by atoms with E-state index in [1.165, 1.54) is 0 Å². The number of cyclic esters (lactones) is 1. The fourth-order valence-electron chi connectivity index (χ4n) is 5.56. The lowest BCUT2D eigenvalue weighted by Crippen LogP contribution is -2.52. The van der Waals surface area contributed by atoms with E-state index >= 15 is 0 Å². The molecule has 2 aliphatic rings. The second-order valence-corrected chi connectivity index (χ2v) is 11.6. The summed E-state index contributed by atoms with van der Waals surface area (Å²) in [5.41, 5.74) is 2.65. The first kappa shape index (κ1) is 26.7. The number of benzene rings is 3. The van der Waals surface area contributed by atoms with E-state index in [0.29, 0.717) is 52.2 Å². The number of carbonyl (C=O) groups is 2. The average Bonchev–Trinajstić information content (AvgIpc) is 3.23. The molecule has 1 N–H and O–H groups in total. The number of nitriles is 1. The van der Waals surface area contributed by atoms with Crippen molar-refractivity contribution < 1.29 is 23.8 Å². The zero-order valence-electron chi connectivity index (χ0n) is 22.3. The molecule has 1 saturated heterocycles. The van der Waals surface area contributed by atoms with Gasteiger partial charge < -0.3 is 19.5 Å². The predicted octanol–water partition coefficient (Wildman–Crippen LogP) is 6.81. The summed E-state index contributed by atoms with van der Waals surface area (Å²) in [5.74, 6) is 0.0197. The summed E-state index contributed by atoms with van der Waals surface area (Å²) in [6.07, 6.45) is 1.41. The van der Waals surface area contributed by atoms with Gasteiger partial charge in [0.1, 0.15) is 29.7 Å². The summed E-state index contributed by atoms with van der Waals surface area (Å²) in [4.78, 5) is 25.1. The third-order valence-corrected chi connectivity index (χ3v) is 7.21. The van der Waals surface area contributed by atoms with Crippen molar-refractivity contribution in [3.8, 4) is 28.7 Å². The molecular weight excluding hydrogens is 516 g/mol. The molecule has 0 unspecified atom stereocenters. The van der Waals surface area contributed by atoms with Crippen molar-refractivity contribution in [3.05, 3.63) is 81.9 Å². The molecule has 3 aromatic rings. The first-order valence-corrected chi connectivity index (χ1v) is 13.1. The summed E-state index contributed by atoms with van der Waals surface area (Å²) in [6.45, 7) is 8.36. The number of nitrogens with one attached hydrogen (secondary N) is 1. The molecule has 0 saturated carbocycles. The van der Waals surface area contributed by atoms with Gasteiger partial charge in [0.15, 0.2) is 0 Å². The van der Waals surface area contributed by atoms with Crippen LogP contribution in [0.3, 0.4) is 0 Å².